The van der Waals surface area contributed by atoms with Gasteiger partial charge in [0, 0.05) is 6.54 Å². The molecular formula is C15H25NO. The molecule has 0 heterocycles. The minimum atomic E-state index is 0.130. The van der Waals surface area contributed by atoms with Crippen molar-refractivity contribution in [2.45, 2.75) is 58.9 Å². The molecule has 0 atom stereocenters. The fraction of sp³-hybridized carbons (Fsp3) is 0.600. The second-order valence-corrected chi connectivity index (χ2v) is 6.75. The van der Waals surface area contributed by atoms with Crippen LogP contribution in [0.15, 0.2) is 18.2 Å². The van der Waals surface area contributed by atoms with Gasteiger partial charge in [-0.15, -0.1) is 0 Å². The zero-order valence-electron chi connectivity index (χ0n) is 11.9. The van der Waals surface area contributed by atoms with Crippen LogP contribution in [0.5, 0.6) is 0 Å². The number of hydrogen-bond donors (Lipinski definition) is 2. The quantitative estimate of drug-likeness (QED) is 0.765. The Morgan fingerprint density at radius 3 is 1.59 bits per heavy atom. The maximum absolute atomic E-state index is 8.86. The van der Waals surface area contributed by atoms with E-state index in [-0.39, 0.29) is 10.8 Å². The van der Waals surface area contributed by atoms with Crippen LogP contribution in [0.3, 0.4) is 0 Å². The third-order valence-electron chi connectivity index (χ3n) is 3.01. The van der Waals surface area contributed by atoms with Crippen LogP contribution in [0.4, 0.5) is 0 Å². The van der Waals surface area contributed by atoms with Crippen LogP contribution in [0.2, 0.25) is 0 Å². The summed E-state index contributed by atoms with van der Waals surface area (Å²) in [6, 6.07) is 6.61. The van der Waals surface area contributed by atoms with Gasteiger partial charge in [0.2, 0.25) is 0 Å². The average molecular weight is 235 g/mol. The van der Waals surface area contributed by atoms with Gasteiger partial charge in [-0.1, -0.05) is 59.7 Å². The number of nitrogens with one attached hydrogen (secondary N) is 1. The van der Waals surface area contributed by atoms with Crippen molar-refractivity contribution in [2.75, 3.05) is 0 Å². The van der Waals surface area contributed by atoms with Gasteiger partial charge >= 0.3 is 0 Å². The van der Waals surface area contributed by atoms with E-state index in [1.54, 1.807) is 0 Å². The highest BCUT2D eigenvalue weighted by Gasteiger charge is 2.20. The van der Waals surface area contributed by atoms with Crippen molar-refractivity contribution in [3.63, 3.8) is 0 Å². The molecule has 0 fully saturated rings. The van der Waals surface area contributed by atoms with Crippen molar-refractivity contribution in [3.05, 3.63) is 34.9 Å². The lowest BCUT2D eigenvalue weighted by atomic mass is 9.79. The van der Waals surface area contributed by atoms with Crippen molar-refractivity contribution in [1.82, 2.24) is 5.48 Å². The van der Waals surface area contributed by atoms with E-state index in [9.17, 15) is 0 Å². The predicted molar refractivity (Wildman–Crippen MR) is 72.5 cm³/mol. The van der Waals surface area contributed by atoms with Crippen molar-refractivity contribution in [1.29, 1.82) is 0 Å². The van der Waals surface area contributed by atoms with Gasteiger partial charge in [-0.25, -0.2) is 5.48 Å². The highest BCUT2D eigenvalue weighted by atomic mass is 16.5. The van der Waals surface area contributed by atoms with Crippen molar-refractivity contribution >= 4 is 0 Å². The summed E-state index contributed by atoms with van der Waals surface area (Å²) in [6.45, 7) is 13.8. The van der Waals surface area contributed by atoms with Crippen LogP contribution in [0, 0.1) is 0 Å². The molecule has 0 bridgehead atoms. The zero-order valence-corrected chi connectivity index (χ0v) is 11.9. The average Bonchev–Trinajstić information content (AvgIpc) is 2.15. The monoisotopic (exact) mass is 235 g/mol. The molecule has 0 aliphatic carbocycles. The van der Waals surface area contributed by atoms with Gasteiger partial charge in [-0.05, 0) is 27.5 Å². The molecule has 0 unspecified atom stereocenters. The van der Waals surface area contributed by atoms with Gasteiger partial charge in [0.1, 0.15) is 0 Å². The van der Waals surface area contributed by atoms with Gasteiger partial charge in [0.15, 0.2) is 0 Å². The van der Waals surface area contributed by atoms with E-state index in [0.29, 0.717) is 6.54 Å². The Balaban J connectivity index is 3.29. The molecule has 17 heavy (non-hydrogen) atoms. The molecule has 0 aromatic heterocycles. The lowest BCUT2D eigenvalue weighted by molar-refractivity contribution is 0.161. The molecule has 0 saturated carbocycles. The zero-order chi connectivity index (χ0) is 13.3. The van der Waals surface area contributed by atoms with Gasteiger partial charge in [0.25, 0.3) is 0 Å². The second-order valence-electron chi connectivity index (χ2n) is 6.75. The van der Waals surface area contributed by atoms with Gasteiger partial charge < -0.3 is 5.21 Å². The molecule has 0 radical (unpaired) electrons. The summed E-state index contributed by atoms with van der Waals surface area (Å²) in [5.74, 6) is 0. The Labute approximate surface area is 105 Å². The third-order valence-corrected chi connectivity index (χ3v) is 3.01. The largest absolute Gasteiger partial charge is 0.316 e. The SMILES string of the molecule is CC(C)(C)c1cc(CNO)cc(C(C)(C)C)c1. The van der Waals surface area contributed by atoms with Crippen LogP contribution in [0.25, 0.3) is 0 Å². The summed E-state index contributed by atoms with van der Waals surface area (Å²) in [6.07, 6.45) is 0. The summed E-state index contributed by atoms with van der Waals surface area (Å²) in [7, 11) is 0. The first kappa shape index (κ1) is 14.2. The van der Waals surface area contributed by atoms with E-state index in [0.717, 1.165) is 5.56 Å². The molecule has 0 spiro atoms. The lowest BCUT2D eigenvalue weighted by Gasteiger charge is -2.26. The molecule has 1 aromatic rings. The van der Waals surface area contributed by atoms with Crippen molar-refractivity contribution < 1.29 is 5.21 Å². The van der Waals surface area contributed by atoms with E-state index in [4.69, 9.17) is 5.21 Å². The maximum atomic E-state index is 8.86. The standard InChI is InChI=1S/C15H25NO/c1-14(2,3)12-7-11(10-16-17)8-13(9-12)15(4,5)6/h7-9,16-17H,10H2,1-6H3. The Hall–Kier alpha value is -0.860. The van der Waals surface area contributed by atoms with E-state index >= 15 is 0 Å². The smallest absolute Gasteiger partial charge is 0.0458 e. The number of hydrogen-bond acceptors (Lipinski definition) is 2. The first-order valence-electron chi connectivity index (χ1n) is 6.16. The summed E-state index contributed by atoms with van der Waals surface area (Å²) >= 11 is 0. The molecule has 2 heteroatoms. The Bertz CT molecular complexity index is 351. The summed E-state index contributed by atoms with van der Waals surface area (Å²) < 4.78 is 0. The fourth-order valence-electron chi connectivity index (χ4n) is 1.75. The molecule has 96 valence electrons. The van der Waals surface area contributed by atoms with E-state index in [1.807, 2.05) is 0 Å². The van der Waals surface area contributed by atoms with Crippen LogP contribution in [0.1, 0.15) is 58.2 Å². The van der Waals surface area contributed by atoms with Crippen LogP contribution in [-0.2, 0) is 17.4 Å². The maximum Gasteiger partial charge on any atom is 0.0458 e. The lowest BCUT2D eigenvalue weighted by Crippen LogP contribution is -2.18. The first-order chi connectivity index (χ1) is 7.64. The Kier molecular flexibility index (Phi) is 4.00. The Morgan fingerprint density at radius 2 is 1.29 bits per heavy atom. The fourth-order valence-corrected chi connectivity index (χ4v) is 1.75. The molecular weight excluding hydrogens is 210 g/mol. The molecule has 2 N–H and O–H groups in total. The first-order valence-corrected chi connectivity index (χ1v) is 6.16. The number of hydroxylamine groups is 1. The highest BCUT2D eigenvalue weighted by Crippen LogP contribution is 2.30. The normalized spacial score (nSPS) is 12.9. The molecule has 1 rings (SSSR count). The van der Waals surface area contributed by atoms with E-state index in [2.05, 4.69) is 65.2 Å². The predicted octanol–water partition coefficient (Wildman–Crippen LogP) is 3.76. The number of benzene rings is 1. The van der Waals surface area contributed by atoms with Gasteiger partial charge in [0.05, 0.1) is 0 Å². The van der Waals surface area contributed by atoms with Crippen LogP contribution < -0.4 is 5.48 Å². The van der Waals surface area contributed by atoms with Gasteiger partial charge in [-0.2, -0.15) is 0 Å². The topological polar surface area (TPSA) is 32.3 Å². The third kappa shape index (κ3) is 3.83. The molecule has 0 amide bonds. The van der Waals surface area contributed by atoms with E-state index < -0.39 is 0 Å². The van der Waals surface area contributed by atoms with Crippen LogP contribution in [-0.4, -0.2) is 5.21 Å². The molecule has 0 aliphatic rings. The number of rotatable bonds is 2. The second kappa shape index (κ2) is 4.79. The van der Waals surface area contributed by atoms with Crippen molar-refractivity contribution in [3.8, 4) is 0 Å². The van der Waals surface area contributed by atoms with Crippen molar-refractivity contribution in [2.24, 2.45) is 0 Å². The van der Waals surface area contributed by atoms with Crippen LogP contribution >= 0.6 is 0 Å². The molecule has 2 nitrogen and oxygen atoms in total. The van der Waals surface area contributed by atoms with E-state index in [1.165, 1.54) is 11.1 Å². The summed E-state index contributed by atoms with van der Waals surface area (Å²) in [4.78, 5) is 0. The molecule has 0 aliphatic heterocycles. The minimum absolute atomic E-state index is 0.130. The van der Waals surface area contributed by atoms with Gasteiger partial charge in [-0.3, -0.25) is 0 Å². The summed E-state index contributed by atoms with van der Waals surface area (Å²) in [5.41, 5.74) is 6.26. The minimum Gasteiger partial charge on any atom is -0.316 e. The highest BCUT2D eigenvalue weighted by molar-refractivity contribution is 5.37. The molecule has 0 saturated heterocycles. The summed E-state index contributed by atoms with van der Waals surface area (Å²) in [5, 5.41) is 8.86. The Morgan fingerprint density at radius 1 is 0.882 bits per heavy atom. The molecule has 1 aromatic carbocycles.